The van der Waals surface area contributed by atoms with Crippen molar-refractivity contribution >= 4 is 23.3 Å². The third-order valence-corrected chi connectivity index (χ3v) is 6.12. The number of anilines is 1. The highest BCUT2D eigenvalue weighted by atomic mass is 16.2. The Kier molecular flexibility index (Phi) is 6.83. The first-order valence-corrected chi connectivity index (χ1v) is 10.4. The zero-order valence-electron chi connectivity index (χ0n) is 16.9. The Morgan fingerprint density at radius 3 is 2.25 bits per heavy atom. The summed E-state index contributed by atoms with van der Waals surface area (Å²) in [6, 6.07) is 7.04. The van der Waals surface area contributed by atoms with Gasteiger partial charge in [-0.05, 0) is 51.3 Å². The van der Waals surface area contributed by atoms with Crippen LogP contribution in [0, 0.1) is 11.8 Å². The number of piperazine rings is 1. The van der Waals surface area contributed by atoms with Crippen LogP contribution in [-0.4, -0.2) is 60.1 Å². The molecule has 1 aliphatic carbocycles. The van der Waals surface area contributed by atoms with Crippen molar-refractivity contribution in [1.82, 2.24) is 9.80 Å². The molecule has 1 heterocycles. The number of Topliss-reactive ketones (excluding diaryl/α,β-unsaturated/α-hetero) is 1. The Labute approximate surface area is 167 Å². The summed E-state index contributed by atoms with van der Waals surface area (Å²) in [7, 11) is 0. The van der Waals surface area contributed by atoms with Crippen molar-refractivity contribution in [2.24, 2.45) is 11.8 Å². The van der Waals surface area contributed by atoms with Crippen molar-refractivity contribution in [2.75, 3.05) is 38.0 Å². The molecule has 2 aliphatic rings. The molecule has 0 radical (unpaired) electrons. The molecule has 0 bridgehead atoms. The van der Waals surface area contributed by atoms with E-state index in [1.165, 1.54) is 6.92 Å². The van der Waals surface area contributed by atoms with Crippen LogP contribution in [0.5, 0.6) is 0 Å². The SMILES string of the molecule is CCN1CCN(C(=O)C2CCC(C(=O)Nc3cccc(C(C)=O)c3)CC2)CC1. The molecule has 0 aromatic heterocycles. The molecule has 2 fully saturated rings. The smallest absolute Gasteiger partial charge is 0.227 e. The Hall–Kier alpha value is -2.21. The van der Waals surface area contributed by atoms with Gasteiger partial charge in [0, 0.05) is 49.3 Å². The van der Waals surface area contributed by atoms with E-state index in [9.17, 15) is 14.4 Å². The standard InChI is InChI=1S/C22H31N3O3/c1-3-24-11-13-25(14-12-24)22(28)18-9-7-17(8-10-18)21(27)23-20-6-4-5-19(15-20)16(2)26/h4-6,15,17-18H,3,7-14H2,1-2H3,(H,23,27). The van der Waals surface area contributed by atoms with Gasteiger partial charge in [0.25, 0.3) is 0 Å². The van der Waals surface area contributed by atoms with Crippen molar-refractivity contribution in [2.45, 2.75) is 39.5 Å². The number of hydrogen-bond donors (Lipinski definition) is 1. The third-order valence-electron chi connectivity index (χ3n) is 6.12. The number of hydrogen-bond acceptors (Lipinski definition) is 4. The predicted molar refractivity (Wildman–Crippen MR) is 109 cm³/mol. The maximum absolute atomic E-state index is 12.8. The second-order valence-corrected chi connectivity index (χ2v) is 7.93. The van der Waals surface area contributed by atoms with Crippen LogP contribution in [0.4, 0.5) is 5.69 Å². The lowest BCUT2D eigenvalue weighted by atomic mass is 9.80. The average Bonchev–Trinajstić information content (AvgIpc) is 2.73. The van der Waals surface area contributed by atoms with Gasteiger partial charge in [0.1, 0.15) is 0 Å². The molecule has 0 spiro atoms. The highest BCUT2D eigenvalue weighted by Crippen LogP contribution is 2.31. The number of carbonyl (C=O) groups is 3. The van der Waals surface area contributed by atoms with E-state index >= 15 is 0 Å². The molecule has 3 rings (SSSR count). The summed E-state index contributed by atoms with van der Waals surface area (Å²) < 4.78 is 0. The lowest BCUT2D eigenvalue weighted by Gasteiger charge is -2.37. The van der Waals surface area contributed by atoms with Gasteiger partial charge in [0.2, 0.25) is 11.8 Å². The monoisotopic (exact) mass is 385 g/mol. The third kappa shape index (κ3) is 4.98. The molecule has 152 valence electrons. The van der Waals surface area contributed by atoms with Crippen molar-refractivity contribution in [3.63, 3.8) is 0 Å². The van der Waals surface area contributed by atoms with Crippen LogP contribution < -0.4 is 5.32 Å². The molecule has 6 nitrogen and oxygen atoms in total. The van der Waals surface area contributed by atoms with Gasteiger partial charge in [-0.3, -0.25) is 14.4 Å². The second-order valence-electron chi connectivity index (χ2n) is 7.93. The fraction of sp³-hybridized carbons (Fsp3) is 0.591. The number of rotatable bonds is 5. The van der Waals surface area contributed by atoms with Crippen LogP contribution in [0.25, 0.3) is 0 Å². The van der Waals surface area contributed by atoms with E-state index in [1.54, 1.807) is 24.3 Å². The lowest BCUT2D eigenvalue weighted by Crippen LogP contribution is -2.50. The molecule has 1 aliphatic heterocycles. The van der Waals surface area contributed by atoms with E-state index in [-0.39, 0.29) is 29.4 Å². The van der Waals surface area contributed by atoms with E-state index in [0.717, 1.165) is 58.4 Å². The highest BCUT2D eigenvalue weighted by molar-refractivity contribution is 5.97. The van der Waals surface area contributed by atoms with E-state index < -0.39 is 0 Å². The van der Waals surface area contributed by atoms with Crippen LogP contribution in [0.1, 0.15) is 49.9 Å². The summed E-state index contributed by atoms with van der Waals surface area (Å²) in [6.07, 6.45) is 3.03. The molecule has 0 atom stereocenters. The van der Waals surface area contributed by atoms with E-state index in [1.807, 2.05) is 4.90 Å². The molecule has 6 heteroatoms. The quantitative estimate of drug-likeness (QED) is 0.792. The molecule has 28 heavy (non-hydrogen) atoms. The van der Waals surface area contributed by atoms with Crippen LogP contribution in [0.3, 0.4) is 0 Å². The largest absolute Gasteiger partial charge is 0.340 e. The number of nitrogens with zero attached hydrogens (tertiary/aromatic N) is 2. The number of nitrogens with one attached hydrogen (secondary N) is 1. The molecule has 2 amide bonds. The van der Waals surface area contributed by atoms with Crippen LogP contribution >= 0.6 is 0 Å². The van der Waals surface area contributed by atoms with Gasteiger partial charge < -0.3 is 15.1 Å². The van der Waals surface area contributed by atoms with Crippen molar-refractivity contribution in [3.8, 4) is 0 Å². The van der Waals surface area contributed by atoms with Crippen LogP contribution in [-0.2, 0) is 9.59 Å². The summed E-state index contributed by atoms with van der Waals surface area (Å²) in [6.45, 7) is 8.26. The molecule has 1 saturated carbocycles. The summed E-state index contributed by atoms with van der Waals surface area (Å²) in [5.74, 6) is 0.224. The Balaban J connectivity index is 1.48. The Morgan fingerprint density at radius 1 is 1.00 bits per heavy atom. The van der Waals surface area contributed by atoms with Crippen molar-refractivity contribution < 1.29 is 14.4 Å². The molecule has 0 unspecified atom stereocenters. The molecular weight excluding hydrogens is 354 g/mol. The maximum Gasteiger partial charge on any atom is 0.227 e. The minimum atomic E-state index is -0.0676. The first-order valence-electron chi connectivity index (χ1n) is 10.4. The number of benzene rings is 1. The second kappa shape index (κ2) is 9.32. The minimum absolute atomic E-state index is 0.0110. The number of ketones is 1. The number of likely N-dealkylation sites (N-methyl/N-ethyl adjacent to an activating group) is 1. The number of amides is 2. The van der Waals surface area contributed by atoms with Gasteiger partial charge in [-0.2, -0.15) is 0 Å². The summed E-state index contributed by atoms with van der Waals surface area (Å²) in [4.78, 5) is 41.3. The van der Waals surface area contributed by atoms with Gasteiger partial charge in [0.15, 0.2) is 5.78 Å². The zero-order valence-corrected chi connectivity index (χ0v) is 16.9. The minimum Gasteiger partial charge on any atom is -0.340 e. The van der Waals surface area contributed by atoms with Gasteiger partial charge >= 0.3 is 0 Å². The van der Waals surface area contributed by atoms with Crippen LogP contribution in [0.15, 0.2) is 24.3 Å². The normalized spacial score (nSPS) is 23.3. The van der Waals surface area contributed by atoms with E-state index in [4.69, 9.17) is 0 Å². The van der Waals surface area contributed by atoms with E-state index in [0.29, 0.717) is 11.3 Å². The summed E-state index contributed by atoms with van der Waals surface area (Å²) in [5, 5.41) is 2.93. The molecule has 1 aromatic rings. The average molecular weight is 386 g/mol. The Morgan fingerprint density at radius 2 is 1.64 bits per heavy atom. The maximum atomic E-state index is 12.8. The fourth-order valence-electron chi connectivity index (χ4n) is 4.21. The first-order chi connectivity index (χ1) is 13.5. The van der Waals surface area contributed by atoms with Crippen molar-refractivity contribution in [3.05, 3.63) is 29.8 Å². The first kappa shape index (κ1) is 20.5. The fourth-order valence-corrected chi connectivity index (χ4v) is 4.21. The number of carbonyl (C=O) groups excluding carboxylic acids is 3. The molecule has 1 saturated heterocycles. The summed E-state index contributed by atoms with van der Waals surface area (Å²) in [5.41, 5.74) is 1.25. The predicted octanol–water partition coefficient (Wildman–Crippen LogP) is 2.80. The summed E-state index contributed by atoms with van der Waals surface area (Å²) >= 11 is 0. The topological polar surface area (TPSA) is 69.7 Å². The van der Waals surface area contributed by atoms with Crippen LogP contribution in [0.2, 0.25) is 0 Å². The highest BCUT2D eigenvalue weighted by Gasteiger charge is 2.33. The Bertz CT molecular complexity index is 717. The molecule has 1 N–H and O–H groups in total. The van der Waals surface area contributed by atoms with Crippen molar-refractivity contribution in [1.29, 1.82) is 0 Å². The zero-order chi connectivity index (χ0) is 20.1. The van der Waals surface area contributed by atoms with Gasteiger partial charge in [0.05, 0.1) is 0 Å². The van der Waals surface area contributed by atoms with Gasteiger partial charge in [-0.15, -0.1) is 0 Å². The van der Waals surface area contributed by atoms with Gasteiger partial charge in [-0.1, -0.05) is 19.1 Å². The lowest BCUT2D eigenvalue weighted by molar-refractivity contribution is -0.139. The van der Waals surface area contributed by atoms with E-state index in [2.05, 4.69) is 17.1 Å². The molecular formula is C22H31N3O3. The van der Waals surface area contributed by atoms with Gasteiger partial charge in [-0.25, -0.2) is 0 Å². The molecule has 1 aromatic carbocycles.